The van der Waals surface area contributed by atoms with E-state index in [2.05, 4.69) is 5.32 Å². The summed E-state index contributed by atoms with van der Waals surface area (Å²) in [5.41, 5.74) is -1.27. The van der Waals surface area contributed by atoms with Crippen molar-refractivity contribution in [1.29, 1.82) is 0 Å². The molecule has 2 aromatic carbocycles. The third-order valence-corrected chi connectivity index (χ3v) is 10.2. The van der Waals surface area contributed by atoms with Gasteiger partial charge in [0, 0.05) is 61.2 Å². The van der Waals surface area contributed by atoms with Crippen molar-refractivity contribution in [2.24, 2.45) is 23.7 Å². The van der Waals surface area contributed by atoms with E-state index in [0.717, 1.165) is 6.26 Å². The first-order valence-electron chi connectivity index (χ1n) is 16.9. The van der Waals surface area contributed by atoms with Crippen molar-refractivity contribution in [3.63, 3.8) is 0 Å². The van der Waals surface area contributed by atoms with E-state index in [-0.39, 0.29) is 28.7 Å². The minimum atomic E-state index is -2.08. The van der Waals surface area contributed by atoms with Gasteiger partial charge in [0.05, 0.1) is 46.8 Å². The molecule has 0 unspecified atom stereocenters. The second kappa shape index (κ2) is 15.4. The number of ketones is 1. The minimum Gasteiger partial charge on any atom is -0.507 e. The highest BCUT2D eigenvalue weighted by molar-refractivity contribution is 6.23. The molecular formula is C38H47NO13. The lowest BCUT2D eigenvalue weighted by Gasteiger charge is -2.38. The quantitative estimate of drug-likeness (QED) is 0.111. The number of fused-ring (bicyclic) bond motifs is 14. The number of anilines is 1. The van der Waals surface area contributed by atoms with Crippen molar-refractivity contribution in [1.82, 2.24) is 0 Å². The number of carbonyl (C=O) groups excluding carboxylic acids is 4. The lowest BCUT2D eigenvalue weighted by atomic mass is 9.78. The number of rotatable bonds is 3. The molecule has 6 N–H and O–H groups in total. The highest BCUT2D eigenvalue weighted by atomic mass is 16.7. The van der Waals surface area contributed by atoms with Gasteiger partial charge in [0.25, 0.3) is 11.7 Å². The first kappa shape index (κ1) is 39.9. The van der Waals surface area contributed by atoms with Gasteiger partial charge >= 0.3 is 11.8 Å². The molecule has 0 saturated heterocycles. The third-order valence-electron chi connectivity index (χ3n) is 10.2. The van der Waals surface area contributed by atoms with Gasteiger partial charge in [-0.15, -0.1) is 0 Å². The molecule has 3 aliphatic heterocycles. The van der Waals surface area contributed by atoms with Crippen molar-refractivity contribution in [2.45, 2.75) is 85.6 Å². The maximum Gasteiger partial charge on any atom is 0.312 e. The SMILES string of the molecule is CO[C@@H]1/C=C/O[C@@]2(C)Oc3c(C)c(O)c4c(O)c(c(C=O)c(O)c4c3C2=O)NC(=O)/C(C)=C\C=C\[C@H](C)[C@H](O)[C@H](C)[C@H](O)[C@H](C)[C@@H](OC(C)=O)[C@@H]1C. The molecule has 0 spiro atoms. The molecule has 3 aliphatic rings. The van der Waals surface area contributed by atoms with Crippen LogP contribution >= 0.6 is 0 Å². The molecule has 14 heteroatoms. The second-order valence-corrected chi connectivity index (χ2v) is 13.7. The van der Waals surface area contributed by atoms with E-state index in [4.69, 9.17) is 18.9 Å². The number of amides is 1. The van der Waals surface area contributed by atoms with Crippen LogP contribution < -0.4 is 10.1 Å². The summed E-state index contributed by atoms with van der Waals surface area (Å²) in [4.78, 5) is 51.8. The molecule has 0 aromatic heterocycles. The van der Waals surface area contributed by atoms with E-state index in [1.807, 2.05) is 0 Å². The number of nitrogens with one attached hydrogen (secondary N) is 1. The Labute approximate surface area is 301 Å². The maximum absolute atomic E-state index is 14.0. The van der Waals surface area contributed by atoms with E-state index >= 15 is 0 Å². The molecule has 282 valence electrons. The Bertz CT molecular complexity index is 1860. The van der Waals surface area contributed by atoms with Crippen LogP contribution in [-0.4, -0.2) is 86.8 Å². The van der Waals surface area contributed by atoms with Gasteiger partial charge in [0.15, 0.2) is 12.0 Å². The Morgan fingerprint density at radius 2 is 1.60 bits per heavy atom. The smallest absolute Gasteiger partial charge is 0.312 e. The Morgan fingerprint density at radius 3 is 2.19 bits per heavy atom. The fourth-order valence-corrected chi connectivity index (χ4v) is 6.86. The topological polar surface area (TPSA) is 218 Å². The zero-order chi connectivity index (χ0) is 39.0. The lowest BCUT2D eigenvalue weighted by molar-refractivity contribution is -0.160. The number of benzene rings is 2. The molecule has 0 saturated carbocycles. The number of ether oxygens (including phenoxy) is 4. The number of aromatic hydroxyl groups is 3. The van der Waals surface area contributed by atoms with Crippen LogP contribution in [0, 0.1) is 30.6 Å². The van der Waals surface area contributed by atoms with Crippen LogP contribution in [0.3, 0.4) is 0 Å². The van der Waals surface area contributed by atoms with Gasteiger partial charge in [-0.25, -0.2) is 0 Å². The summed E-state index contributed by atoms with van der Waals surface area (Å²) in [5.74, 6) is -9.19. The van der Waals surface area contributed by atoms with Gasteiger partial charge in [-0.3, -0.25) is 19.2 Å². The van der Waals surface area contributed by atoms with Gasteiger partial charge in [-0.05, 0) is 19.9 Å². The second-order valence-electron chi connectivity index (χ2n) is 13.7. The van der Waals surface area contributed by atoms with Gasteiger partial charge in [0.1, 0.15) is 23.4 Å². The van der Waals surface area contributed by atoms with Crippen LogP contribution in [0.15, 0.2) is 36.1 Å². The first-order valence-corrected chi connectivity index (χ1v) is 16.9. The predicted octanol–water partition coefficient (Wildman–Crippen LogP) is 4.57. The summed E-state index contributed by atoms with van der Waals surface area (Å²) >= 11 is 0. The number of aliphatic hydroxyl groups excluding tert-OH is 2. The van der Waals surface area contributed by atoms with Crippen LogP contribution in [0.4, 0.5) is 5.69 Å². The van der Waals surface area contributed by atoms with E-state index < -0.39 is 111 Å². The highest BCUT2D eigenvalue weighted by Gasteiger charge is 2.50. The molecule has 5 rings (SSSR count). The molecule has 3 heterocycles. The average molecular weight is 726 g/mol. The minimum absolute atomic E-state index is 0.00425. The standard InChI is InChI=1S/C38H47NO13/c1-16-11-10-12-17(2)37(48)39-28-23(15-40)32(45)25-26(33(28)46)31(44)21(6)35-27(25)36(47)38(8,52-35)50-14-13-24(49-9)18(3)34(51-22(7)41)20(5)30(43)19(4)29(16)42/h10-16,18-20,24,29-30,34,42-46H,1-9H3,(H,39,48)/b11-10+,14-13+,17-12-/t16-,18+,19-,20-,24+,29-,30-,34-,38-/m0/s1. The van der Waals surface area contributed by atoms with Crippen molar-refractivity contribution in [3.05, 3.63) is 52.8 Å². The van der Waals surface area contributed by atoms with Crippen molar-refractivity contribution in [3.8, 4) is 23.0 Å². The molecule has 9 atom stereocenters. The van der Waals surface area contributed by atoms with Crippen LogP contribution in [-0.2, 0) is 23.8 Å². The molecule has 14 nitrogen and oxygen atoms in total. The number of phenols is 3. The molecule has 52 heavy (non-hydrogen) atoms. The van der Waals surface area contributed by atoms with E-state index in [1.54, 1.807) is 33.8 Å². The van der Waals surface area contributed by atoms with Crippen molar-refractivity contribution in [2.75, 3.05) is 12.4 Å². The van der Waals surface area contributed by atoms with Gasteiger partial charge in [-0.1, -0.05) is 45.9 Å². The Kier molecular flexibility index (Phi) is 11.8. The molecule has 0 aliphatic carbocycles. The lowest BCUT2D eigenvalue weighted by Crippen LogP contribution is -2.46. The van der Waals surface area contributed by atoms with Crippen LogP contribution in [0.25, 0.3) is 10.8 Å². The van der Waals surface area contributed by atoms with Gasteiger partial charge in [0.2, 0.25) is 0 Å². The summed E-state index contributed by atoms with van der Waals surface area (Å²) in [5, 5.41) is 58.2. The summed E-state index contributed by atoms with van der Waals surface area (Å²) < 4.78 is 23.1. The normalized spacial score (nSPS) is 32.3. The molecule has 0 fully saturated rings. The first-order chi connectivity index (χ1) is 24.3. The van der Waals surface area contributed by atoms with Gasteiger partial charge in [-0.2, -0.15) is 0 Å². The van der Waals surface area contributed by atoms with Crippen molar-refractivity contribution >= 4 is 40.4 Å². The fraction of sp³-hybridized carbons (Fsp3) is 0.474. The van der Waals surface area contributed by atoms with Crippen LogP contribution in [0.1, 0.15) is 74.7 Å². The summed E-state index contributed by atoms with van der Waals surface area (Å²) in [6.45, 7) is 12.2. The highest BCUT2D eigenvalue weighted by Crippen LogP contribution is 2.55. The summed E-state index contributed by atoms with van der Waals surface area (Å²) in [6.07, 6.45) is 3.41. The molecule has 5 bridgehead atoms. The predicted molar refractivity (Wildman–Crippen MR) is 189 cm³/mol. The summed E-state index contributed by atoms with van der Waals surface area (Å²) in [7, 11) is 1.41. The Balaban J connectivity index is 1.93. The zero-order valence-corrected chi connectivity index (χ0v) is 30.6. The van der Waals surface area contributed by atoms with E-state index in [9.17, 15) is 44.7 Å². The number of aldehydes is 1. The molecule has 2 aromatic rings. The number of carbonyl (C=O) groups is 4. The molecular weight excluding hydrogens is 678 g/mol. The fourth-order valence-electron chi connectivity index (χ4n) is 6.86. The third kappa shape index (κ3) is 7.10. The summed E-state index contributed by atoms with van der Waals surface area (Å²) in [6, 6.07) is 0. The van der Waals surface area contributed by atoms with E-state index in [0.29, 0.717) is 0 Å². The largest absolute Gasteiger partial charge is 0.507 e. The molecule has 1 amide bonds. The maximum atomic E-state index is 14.0. The monoisotopic (exact) mass is 725 g/mol. The number of aliphatic hydroxyl groups is 2. The van der Waals surface area contributed by atoms with Crippen LogP contribution in [0.5, 0.6) is 23.0 Å². The van der Waals surface area contributed by atoms with Gasteiger partial charge < -0.3 is 49.8 Å². The number of hydrogen-bond acceptors (Lipinski definition) is 13. The number of allylic oxidation sites excluding steroid dienone is 2. The number of phenolic OH excluding ortho intramolecular Hbond substituents is 3. The molecule has 0 radical (unpaired) electrons. The van der Waals surface area contributed by atoms with Crippen LogP contribution in [0.2, 0.25) is 0 Å². The van der Waals surface area contributed by atoms with E-state index in [1.165, 1.54) is 53.0 Å². The number of esters is 1. The zero-order valence-electron chi connectivity index (χ0n) is 30.6. The Morgan fingerprint density at radius 1 is 0.942 bits per heavy atom. The number of Topliss-reactive ketones (excluding diaryl/α,β-unsaturated/α-hetero) is 1. The number of methoxy groups -OCH3 is 1. The Hall–Kier alpha value is -4.92. The van der Waals surface area contributed by atoms with Crippen molar-refractivity contribution < 1.29 is 63.7 Å². The average Bonchev–Trinajstić information content (AvgIpc) is 3.36. The number of hydrogen-bond donors (Lipinski definition) is 6.